The third-order valence-electron chi connectivity index (χ3n) is 3.85. The van der Waals surface area contributed by atoms with Gasteiger partial charge in [0.05, 0.1) is 27.0 Å². The fraction of sp³-hybridized carbons (Fsp3) is 0.0500. The van der Waals surface area contributed by atoms with E-state index in [-0.39, 0.29) is 33.0 Å². The van der Waals surface area contributed by atoms with Crippen molar-refractivity contribution in [3.63, 3.8) is 0 Å². The van der Waals surface area contributed by atoms with Crippen LogP contribution in [0.1, 0.15) is 5.56 Å². The molecule has 0 fully saturated rings. The number of nitrogens with one attached hydrogen (secondary N) is 2. The van der Waals surface area contributed by atoms with Crippen molar-refractivity contribution in [1.29, 1.82) is 0 Å². The lowest BCUT2D eigenvalue weighted by Gasteiger charge is -2.11. The summed E-state index contributed by atoms with van der Waals surface area (Å²) in [5.74, 6) is -0.189. The lowest BCUT2D eigenvalue weighted by molar-refractivity contribution is -0.115. The molecule has 144 valence electrons. The van der Waals surface area contributed by atoms with Crippen molar-refractivity contribution >= 4 is 50.5 Å². The largest absolute Gasteiger partial charge is 0.326 e. The molecule has 0 saturated carbocycles. The third-order valence-corrected chi connectivity index (χ3v) is 6.05. The molecule has 8 heteroatoms. The van der Waals surface area contributed by atoms with Gasteiger partial charge in [-0.05, 0) is 42.0 Å². The third kappa shape index (κ3) is 5.04. The van der Waals surface area contributed by atoms with E-state index in [1.54, 1.807) is 12.1 Å². The summed E-state index contributed by atoms with van der Waals surface area (Å²) in [5.41, 5.74) is 1.58. The van der Waals surface area contributed by atoms with Crippen LogP contribution in [0.3, 0.4) is 0 Å². The zero-order valence-corrected chi connectivity index (χ0v) is 16.9. The first-order valence-corrected chi connectivity index (χ1v) is 10.5. The number of halogens is 2. The van der Waals surface area contributed by atoms with Crippen molar-refractivity contribution in [2.45, 2.75) is 11.3 Å². The number of hydrogen-bond donors (Lipinski definition) is 2. The highest BCUT2D eigenvalue weighted by Gasteiger charge is 2.17. The Bertz CT molecular complexity index is 1090. The van der Waals surface area contributed by atoms with E-state index in [0.29, 0.717) is 5.69 Å². The lowest BCUT2D eigenvalue weighted by Crippen LogP contribution is -2.15. The van der Waals surface area contributed by atoms with Crippen LogP contribution in [0.4, 0.5) is 11.4 Å². The molecule has 5 nitrogen and oxygen atoms in total. The highest BCUT2D eigenvalue weighted by Crippen LogP contribution is 2.31. The van der Waals surface area contributed by atoms with Crippen LogP contribution < -0.4 is 10.0 Å². The number of benzene rings is 3. The van der Waals surface area contributed by atoms with E-state index in [2.05, 4.69) is 10.0 Å². The maximum absolute atomic E-state index is 12.5. The zero-order chi connectivity index (χ0) is 20.1. The first-order valence-electron chi connectivity index (χ1n) is 8.26. The van der Waals surface area contributed by atoms with E-state index in [4.69, 9.17) is 23.2 Å². The van der Waals surface area contributed by atoms with Crippen LogP contribution in [-0.2, 0) is 21.2 Å². The zero-order valence-electron chi connectivity index (χ0n) is 14.5. The second-order valence-corrected chi connectivity index (χ2v) is 8.41. The number of sulfonamides is 1. The van der Waals surface area contributed by atoms with Gasteiger partial charge in [0.25, 0.3) is 10.0 Å². The molecule has 3 aromatic rings. The normalized spacial score (nSPS) is 11.1. The van der Waals surface area contributed by atoms with Crippen LogP contribution >= 0.6 is 23.2 Å². The van der Waals surface area contributed by atoms with Gasteiger partial charge in [0.15, 0.2) is 0 Å². The summed E-state index contributed by atoms with van der Waals surface area (Å²) in [5, 5.41) is 3.11. The summed E-state index contributed by atoms with van der Waals surface area (Å²) in [7, 11) is -3.85. The van der Waals surface area contributed by atoms with Gasteiger partial charge in [0.2, 0.25) is 5.91 Å². The molecule has 0 unspecified atom stereocenters. The van der Waals surface area contributed by atoms with E-state index in [0.717, 1.165) is 5.56 Å². The van der Waals surface area contributed by atoms with Gasteiger partial charge in [-0.25, -0.2) is 8.42 Å². The van der Waals surface area contributed by atoms with Gasteiger partial charge >= 0.3 is 0 Å². The Kier molecular flexibility index (Phi) is 6.24. The van der Waals surface area contributed by atoms with Crippen molar-refractivity contribution in [1.82, 2.24) is 0 Å². The predicted octanol–water partition coefficient (Wildman–Crippen LogP) is 4.98. The van der Waals surface area contributed by atoms with Crippen LogP contribution in [-0.4, -0.2) is 14.3 Å². The second kappa shape index (κ2) is 8.65. The average molecular weight is 435 g/mol. The average Bonchev–Trinajstić information content (AvgIpc) is 2.66. The fourth-order valence-electron chi connectivity index (χ4n) is 2.49. The molecular formula is C20H16Cl2N2O3S. The number of carbonyl (C=O) groups excluding carboxylic acids is 1. The molecule has 0 aliphatic carbocycles. The molecule has 0 spiro atoms. The SMILES string of the molecule is O=C(Cc1ccccc1)Nc1ccc(S(=O)(=O)Nc2cccc(Cl)c2Cl)cc1. The minimum Gasteiger partial charge on any atom is -0.326 e. The van der Waals surface area contributed by atoms with E-state index in [9.17, 15) is 13.2 Å². The summed E-state index contributed by atoms with van der Waals surface area (Å²) in [6.45, 7) is 0. The summed E-state index contributed by atoms with van der Waals surface area (Å²) < 4.78 is 27.5. The molecule has 1 amide bonds. The van der Waals surface area contributed by atoms with Gasteiger partial charge in [0, 0.05) is 5.69 Å². The molecule has 0 aliphatic heterocycles. The van der Waals surface area contributed by atoms with Gasteiger partial charge in [-0.1, -0.05) is 59.6 Å². The summed E-state index contributed by atoms with van der Waals surface area (Å²) in [6.07, 6.45) is 0.232. The van der Waals surface area contributed by atoms with Crippen LogP contribution in [0.5, 0.6) is 0 Å². The topological polar surface area (TPSA) is 75.3 Å². The Balaban J connectivity index is 1.69. The van der Waals surface area contributed by atoms with Crippen LogP contribution in [0.2, 0.25) is 10.0 Å². The smallest absolute Gasteiger partial charge is 0.261 e. The maximum atomic E-state index is 12.5. The summed E-state index contributed by atoms with van der Waals surface area (Å²) in [6, 6.07) is 19.9. The molecule has 0 saturated heterocycles. The quantitative estimate of drug-likeness (QED) is 0.574. The van der Waals surface area contributed by atoms with E-state index < -0.39 is 10.0 Å². The van der Waals surface area contributed by atoms with Crippen LogP contribution in [0.25, 0.3) is 0 Å². The Hall–Kier alpha value is -2.54. The Morgan fingerprint density at radius 1 is 0.857 bits per heavy atom. The molecule has 0 atom stereocenters. The molecule has 0 aromatic heterocycles. The minimum absolute atomic E-state index is 0.0320. The highest BCUT2D eigenvalue weighted by molar-refractivity contribution is 7.92. The first kappa shape index (κ1) is 20.2. The van der Waals surface area contributed by atoms with Crippen molar-refractivity contribution in [2.24, 2.45) is 0 Å². The van der Waals surface area contributed by atoms with Crippen LogP contribution in [0, 0.1) is 0 Å². The number of carbonyl (C=O) groups is 1. The molecule has 28 heavy (non-hydrogen) atoms. The number of hydrogen-bond acceptors (Lipinski definition) is 3. The Labute approximate surface area is 173 Å². The molecular weight excluding hydrogens is 419 g/mol. The summed E-state index contributed by atoms with van der Waals surface area (Å²) in [4.78, 5) is 12.1. The fourth-order valence-corrected chi connectivity index (χ4v) is 3.97. The van der Waals surface area contributed by atoms with Gasteiger partial charge in [0.1, 0.15) is 0 Å². The molecule has 0 bridgehead atoms. The van der Waals surface area contributed by atoms with E-state index in [1.807, 2.05) is 30.3 Å². The monoisotopic (exact) mass is 434 g/mol. The highest BCUT2D eigenvalue weighted by atomic mass is 35.5. The summed E-state index contributed by atoms with van der Waals surface area (Å²) >= 11 is 11.9. The van der Waals surface area contributed by atoms with E-state index >= 15 is 0 Å². The molecule has 3 rings (SSSR count). The number of rotatable bonds is 6. The number of amides is 1. The first-order chi connectivity index (χ1) is 13.3. The van der Waals surface area contributed by atoms with Crippen LogP contribution in [0.15, 0.2) is 77.7 Å². The predicted molar refractivity (Wildman–Crippen MR) is 112 cm³/mol. The number of anilines is 2. The van der Waals surface area contributed by atoms with Crippen molar-refractivity contribution < 1.29 is 13.2 Å². The molecule has 0 aliphatic rings. The maximum Gasteiger partial charge on any atom is 0.261 e. The standard InChI is InChI=1S/C20H16Cl2N2O3S/c21-17-7-4-8-18(20(17)22)24-28(26,27)16-11-9-15(10-12-16)23-19(25)13-14-5-2-1-3-6-14/h1-12,24H,13H2,(H,23,25). The van der Waals surface area contributed by atoms with E-state index in [1.165, 1.54) is 30.3 Å². The van der Waals surface area contributed by atoms with Crippen molar-refractivity contribution in [2.75, 3.05) is 10.0 Å². The minimum atomic E-state index is -3.85. The molecule has 2 N–H and O–H groups in total. The van der Waals surface area contributed by atoms with Crippen molar-refractivity contribution in [3.05, 3.63) is 88.4 Å². The molecule has 0 radical (unpaired) electrons. The van der Waals surface area contributed by atoms with Gasteiger partial charge < -0.3 is 5.32 Å². The Morgan fingerprint density at radius 3 is 2.21 bits per heavy atom. The second-order valence-electron chi connectivity index (χ2n) is 5.94. The van der Waals surface area contributed by atoms with Gasteiger partial charge in [-0.2, -0.15) is 0 Å². The van der Waals surface area contributed by atoms with Crippen molar-refractivity contribution in [3.8, 4) is 0 Å². The Morgan fingerprint density at radius 2 is 1.54 bits per heavy atom. The lowest BCUT2D eigenvalue weighted by atomic mass is 10.1. The molecule has 0 heterocycles. The molecule has 3 aromatic carbocycles. The van der Waals surface area contributed by atoms with Gasteiger partial charge in [-0.15, -0.1) is 0 Å². The van der Waals surface area contributed by atoms with Gasteiger partial charge in [-0.3, -0.25) is 9.52 Å².